The van der Waals surface area contributed by atoms with Crippen molar-refractivity contribution in [3.63, 3.8) is 0 Å². The molecule has 0 heterocycles. The Kier molecular flexibility index (Phi) is 4.87. The lowest BCUT2D eigenvalue weighted by Gasteiger charge is -2.25. The third-order valence-corrected chi connectivity index (χ3v) is 1.47. The second-order valence-corrected chi connectivity index (χ2v) is 4.31. The monoisotopic (exact) mass is 204 g/mol. The van der Waals surface area contributed by atoms with Crippen LogP contribution in [-0.2, 0) is 9.57 Å². The Labute approximate surface area is 85.1 Å². The van der Waals surface area contributed by atoms with Crippen LogP contribution < -0.4 is 5.90 Å². The highest BCUT2D eigenvalue weighted by Gasteiger charge is 2.20. The van der Waals surface area contributed by atoms with Crippen molar-refractivity contribution >= 4 is 6.09 Å². The SMILES string of the molecule is CC(CN(C)C(=O)OC(C)(C)C)ON. The van der Waals surface area contributed by atoms with Crippen LogP contribution in [0.3, 0.4) is 0 Å². The molecule has 0 saturated heterocycles. The molecule has 0 fully saturated rings. The van der Waals surface area contributed by atoms with E-state index in [-0.39, 0.29) is 12.2 Å². The normalized spacial score (nSPS) is 13.6. The van der Waals surface area contributed by atoms with Crippen molar-refractivity contribution in [2.24, 2.45) is 5.90 Å². The summed E-state index contributed by atoms with van der Waals surface area (Å²) in [5.74, 6) is 4.97. The molecule has 0 bridgehead atoms. The Morgan fingerprint density at radius 3 is 2.36 bits per heavy atom. The van der Waals surface area contributed by atoms with Gasteiger partial charge in [-0.2, -0.15) is 0 Å². The minimum Gasteiger partial charge on any atom is -0.444 e. The Hall–Kier alpha value is -0.810. The Morgan fingerprint density at radius 1 is 1.50 bits per heavy atom. The number of rotatable bonds is 3. The van der Waals surface area contributed by atoms with Crippen LogP contribution in [0, 0.1) is 0 Å². The van der Waals surface area contributed by atoms with Crippen LogP contribution in [-0.4, -0.2) is 36.3 Å². The smallest absolute Gasteiger partial charge is 0.410 e. The molecule has 0 aliphatic rings. The highest BCUT2D eigenvalue weighted by molar-refractivity contribution is 5.67. The average Bonchev–Trinajstić information content (AvgIpc) is 2.00. The molecule has 0 saturated carbocycles. The highest BCUT2D eigenvalue weighted by Crippen LogP contribution is 2.09. The molecule has 0 rings (SSSR count). The van der Waals surface area contributed by atoms with E-state index in [0.717, 1.165) is 0 Å². The van der Waals surface area contributed by atoms with E-state index in [4.69, 9.17) is 10.6 Å². The van der Waals surface area contributed by atoms with Gasteiger partial charge >= 0.3 is 6.09 Å². The Bertz CT molecular complexity index is 189. The van der Waals surface area contributed by atoms with Crippen molar-refractivity contribution in [3.05, 3.63) is 0 Å². The zero-order valence-electron chi connectivity index (χ0n) is 9.53. The van der Waals surface area contributed by atoms with Crippen molar-refractivity contribution in [1.82, 2.24) is 4.90 Å². The number of nitrogens with two attached hydrogens (primary N) is 1. The van der Waals surface area contributed by atoms with Crippen molar-refractivity contribution < 1.29 is 14.4 Å². The molecule has 0 aliphatic heterocycles. The first-order valence-corrected chi connectivity index (χ1v) is 4.56. The van der Waals surface area contributed by atoms with Crippen LogP contribution in [0.15, 0.2) is 0 Å². The molecule has 1 atom stereocenters. The molecule has 0 spiro atoms. The fourth-order valence-electron chi connectivity index (χ4n) is 0.843. The summed E-state index contributed by atoms with van der Waals surface area (Å²) >= 11 is 0. The molecule has 5 heteroatoms. The number of carbonyl (C=O) groups excluding carboxylic acids is 1. The lowest BCUT2D eigenvalue weighted by Crippen LogP contribution is -2.39. The Morgan fingerprint density at radius 2 is 2.00 bits per heavy atom. The molecule has 0 aromatic carbocycles. The van der Waals surface area contributed by atoms with E-state index in [1.165, 1.54) is 4.90 Å². The molecule has 0 aromatic heterocycles. The van der Waals surface area contributed by atoms with E-state index in [1.807, 2.05) is 20.8 Å². The van der Waals surface area contributed by atoms with Crippen LogP contribution >= 0.6 is 0 Å². The largest absolute Gasteiger partial charge is 0.444 e. The van der Waals surface area contributed by atoms with Crippen molar-refractivity contribution in [1.29, 1.82) is 0 Å². The zero-order chi connectivity index (χ0) is 11.4. The standard InChI is InChI=1S/C9H20N2O3/c1-7(14-10)6-11(5)8(12)13-9(2,3)4/h7H,6,10H2,1-5H3. The van der Waals surface area contributed by atoms with Gasteiger partial charge in [0.15, 0.2) is 0 Å². The van der Waals surface area contributed by atoms with Gasteiger partial charge in [0, 0.05) is 7.05 Å². The summed E-state index contributed by atoms with van der Waals surface area (Å²) in [5.41, 5.74) is -0.474. The van der Waals surface area contributed by atoms with Gasteiger partial charge < -0.3 is 9.64 Å². The van der Waals surface area contributed by atoms with Crippen molar-refractivity contribution in [2.45, 2.75) is 39.4 Å². The molecule has 0 aliphatic carbocycles. The van der Waals surface area contributed by atoms with Gasteiger partial charge in [0.1, 0.15) is 5.60 Å². The topological polar surface area (TPSA) is 64.8 Å². The number of likely N-dealkylation sites (N-methyl/N-ethyl adjacent to an activating group) is 1. The predicted molar refractivity (Wildman–Crippen MR) is 53.6 cm³/mol. The van der Waals surface area contributed by atoms with Crippen LogP contribution in [0.5, 0.6) is 0 Å². The maximum atomic E-state index is 11.4. The second-order valence-electron chi connectivity index (χ2n) is 4.31. The van der Waals surface area contributed by atoms with Gasteiger partial charge in [0.25, 0.3) is 0 Å². The summed E-state index contributed by atoms with van der Waals surface area (Å²) < 4.78 is 5.14. The molecule has 1 amide bonds. The summed E-state index contributed by atoms with van der Waals surface area (Å²) in [7, 11) is 1.64. The van der Waals surface area contributed by atoms with Crippen molar-refractivity contribution in [2.75, 3.05) is 13.6 Å². The van der Waals surface area contributed by atoms with Gasteiger partial charge in [0.05, 0.1) is 12.6 Å². The molecule has 14 heavy (non-hydrogen) atoms. The summed E-state index contributed by atoms with van der Waals surface area (Å²) in [6, 6.07) is 0. The van der Waals surface area contributed by atoms with Crippen LogP contribution in [0.2, 0.25) is 0 Å². The molecule has 2 N–H and O–H groups in total. The summed E-state index contributed by atoms with van der Waals surface area (Å²) in [6.07, 6.45) is -0.575. The van der Waals surface area contributed by atoms with Crippen LogP contribution in [0.25, 0.3) is 0 Å². The zero-order valence-corrected chi connectivity index (χ0v) is 9.53. The van der Waals surface area contributed by atoms with Gasteiger partial charge in [-0.05, 0) is 27.7 Å². The third kappa shape index (κ3) is 5.77. The van der Waals surface area contributed by atoms with E-state index in [1.54, 1.807) is 14.0 Å². The second kappa shape index (κ2) is 5.17. The molecule has 84 valence electrons. The van der Waals surface area contributed by atoms with Gasteiger partial charge in [-0.3, -0.25) is 4.84 Å². The molecule has 5 nitrogen and oxygen atoms in total. The van der Waals surface area contributed by atoms with E-state index in [0.29, 0.717) is 6.54 Å². The van der Waals surface area contributed by atoms with E-state index in [9.17, 15) is 4.79 Å². The Balaban J connectivity index is 4.00. The van der Waals surface area contributed by atoms with E-state index in [2.05, 4.69) is 4.84 Å². The molecular formula is C9H20N2O3. The summed E-state index contributed by atoms with van der Waals surface area (Å²) in [4.78, 5) is 17.4. The fourth-order valence-corrected chi connectivity index (χ4v) is 0.843. The molecule has 0 aromatic rings. The number of nitrogens with zero attached hydrogens (tertiary/aromatic N) is 1. The molecule has 0 radical (unpaired) electrons. The van der Waals surface area contributed by atoms with Crippen LogP contribution in [0.1, 0.15) is 27.7 Å². The average molecular weight is 204 g/mol. The number of ether oxygens (including phenoxy) is 1. The first kappa shape index (κ1) is 13.2. The first-order valence-electron chi connectivity index (χ1n) is 4.56. The van der Waals surface area contributed by atoms with Gasteiger partial charge in [0.2, 0.25) is 0 Å². The summed E-state index contributed by atoms with van der Waals surface area (Å²) in [5, 5.41) is 0. The van der Waals surface area contributed by atoms with E-state index < -0.39 is 5.60 Å². The fraction of sp³-hybridized carbons (Fsp3) is 0.889. The lowest BCUT2D eigenvalue weighted by atomic mass is 10.2. The first-order chi connectivity index (χ1) is 6.26. The lowest BCUT2D eigenvalue weighted by molar-refractivity contribution is 0.00798. The predicted octanol–water partition coefficient (Wildman–Crippen LogP) is 1.13. The number of hydrogen-bond donors (Lipinski definition) is 1. The number of hydrogen-bond acceptors (Lipinski definition) is 4. The molecule has 1 unspecified atom stereocenters. The van der Waals surface area contributed by atoms with Gasteiger partial charge in [-0.25, -0.2) is 10.7 Å². The summed E-state index contributed by atoms with van der Waals surface area (Å²) in [6.45, 7) is 7.65. The maximum absolute atomic E-state index is 11.4. The van der Waals surface area contributed by atoms with E-state index >= 15 is 0 Å². The van der Waals surface area contributed by atoms with Crippen LogP contribution in [0.4, 0.5) is 4.79 Å². The number of carbonyl (C=O) groups is 1. The third-order valence-electron chi connectivity index (χ3n) is 1.47. The maximum Gasteiger partial charge on any atom is 0.410 e. The molecular weight excluding hydrogens is 184 g/mol. The van der Waals surface area contributed by atoms with Gasteiger partial charge in [-0.1, -0.05) is 0 Å². The minimum atomic E-state index is -0.474. The highest BCUT2D eigenvalue weighted by atomic mass is 16.6. The minimum absolute atomic E-state index is 0.201. The van der Waals surface area contributed by atoms with Crippen molar-refractivity contribution in [3.8, 4) is 0 Å². The quantitative estimate of drug-likeness (QED) is 0.700. The van der Waals surface area contributed by atoms with Gasteiger partial charge in [-0.15, -0.1) is 0 Å². The number of amides is 1.